The van der Waals surface area contributed by atoms with Crippen molar-refractivity contribution in [3.8, 4) is 17.9 Å². The number of benzene rings is 1. The van der Waals surface area contributed by atoms with Crippen LogP contribution < -0.4 is 4.74 Å². The van der Waals surface area contributed by atoms with E-state index in [9.17, 15) is 0 Å². The maximum atomic E-state index is 8.95. The molecule has 0 aromatic heterocycles. The van der Waals surface area contributed by atoms with E-state index in [1.165, 1.54) is 0 Å². The quantitative estimate of drug-likeness (QED) is 0.757. The van der Waals surface area contributed by atoms with E-state index in [0.29, 0.717) is 11.3 Å². The Morgan fingerprint density at radius 3 is 2.75 bits per heavy atom. The zero-order valence-electron chi connectivity index (χ0n) is 8.89. The predicted molar refractivity (Wildman–Crippen MR) is 58.5 cm³/mol. The molecular weight excluding hydrogens is 200 g/mol. The van der Waals surface area contributed by atoms with Crippen LogP contribution in [0.4, 0.5) is 0 Å². The van der Waals surface area contributed by atoms with Gasteiger partial charge in [0.15, 0.2) is 0 Å². The van der Waals surface area contributed by atoms with Crippen LogP contribution in [0.1, 0.15) is 24.8 Å². The normalized spacial score (nSPS) is 23.4. The molecule has 3 nitrogen and oxygen atoms in total. The molecule has 0 saturated heterocycles. The average molecular weight is 212 g/mol. The Kier molecular flexibility index (Phi) is 3.08. The molecule has 1 aromatic carbocycles. The summed E-state index contributed by atoms with van der Waals surface area (Å²) in [6, 6.07) is 11.5. The van der Waals surface area contributed by atoms with Crippen LogP contribution in [-0.2, 0) is 0 Å². The fourth-order valence-electron chi connectivity index (χ4n) is 2.04. The first-order chi connectivity index (χ1) is 7.85. The van der Waals surface area contributed by atoms with Crippen molar-refractivity contribution in [3.63, 3.8) is 0 Å². The van der Waals surface area contributed by atoms with Crippen molar-refractivity contribution in [2.45, 2.75) is 25.4 Å². The fraction of sp³-hybridized carbons (Fsp3) is 0.385. The summed E-state index contributed by atoms with van der Waals surface area (Å²) in [4.78, 5) is 0. The third-order valence-electron chi connectivity index (χ3n) is 2.90. The molecule has 1 aliphatic carbocycles. The lowest BCUT2D eigenvalue weighted by atomic mass is 10.1. The number of rotatable bonds is 2. The van der Waals surface area contributed by atoms with Crippen LogP contribution in [0.3, 0.4) is 0 Å². The van der Waals surface area contributed by atoms with E-state index in [1.807, 2.05) is 12.1 Å². The maximum absolute atomic E-state index is 8.95. The highest BCUT2D eigenvalue weighted by Gasteiger charge is 2.29. The maximum Gasteiger partial charge on any atom is 0.137 e. The summed E-state index contributed by atoms with van der Waals surface area (Å²) >= 11 is 0. The van der Waals surface area contributed by atoms with Crippen LogP contribution in [0.5, 0.6) is 5.75 Å². The fourth-order valence-corrected chi connectivity index (χ4v) is 2.04. The van der Waals surface area contributed by atoms with Crippen molar-refractivity contribution >= 4 is 0 Å². The van der Waals surface area contributed by atoms with E-state index in [-0.39, 0.29) is 12.0 Å². The van der Waals surface area contributed by atoms with Gasteiger partial charge in [0.25, 0.3) is 0 Å². The predicted octanol–water partition coefficient (Wildman–Crippen LogP) is 2.63. The summed E-state index contributed by atoms with van der Waals surface area (Å²) in [6.45, 7) is 0. The molecule has 0 aliphatic heterocycles. The Hall–Kier alpha value is -2.00. The Labute approximate surface area is 94.9 Å². The molecule has 1 aliphatic rings. The summed E-state index contributed by atoms with van der Waals surface area (Å²) in [5.41, 5.74) is 0.533. The second kappa shape index (κ2) is 4.68. The van der Waals surface area contributed by atoms with Crippen molar-refractivity contribution < 1.29 is 4.74 Å². The molecule has 0 radical (unpaired) electrons. The Morgan fingerprint density at radius 2 is 2.00 bits per heavy atom. The Morgan fingerprint density at radius 1 is 1.19 bits per heavy atom. The first-order valence-corrected chi connectivity index (χ1v) is 5.40. The van der Waals surface area contributed by atoms with Crippen LogP contribution in [0.15, 0.2) is 24.3 Å². The molecule has 1 fully saturated rings. The standard InChI is InChI=1S/C13H12N2O/c14-8-10-4-1-2-6-12(10)16-13-7-3-5-11(13)9-15/h1-2,4,6,11,13H,3,5,7H2. The summed E-state index contributed by atoms with van der Waals surface area (Å²) in [6.07, 6.45) is 2.77. The molecule has 1 aromatic rings. The highest BCUT2D eigenvalue weighted by Crippen LogP contribution is 2.30. The van der Waals surface area contributed by atoms with Gasteiger partial charge in [-0.1, -0.05) is 12.1 Å². The monoisotopic (exact) mass is 212 g/mol. The zero-order valence-corrected chi connectivity index (χ0v) is 8.89. The van der Waals surface area contributed by atoms with Gasteiger partial charge in [0, 0.05) is 0 Å². The molecule has 2 unspecified atom stereocenters. The van der Waals surface area contributed by atoms with Gasteiger partial charge < -0.3 is 4.74 Å². The first kappa shape index (κ1) is 10.5. The largest absolute Gasteiger partial charge is 0.488 e. The molecule has 0 heterocycles. The number of ether oxygens (including phenoxy) is 1. The van der Waals surface area contributed by atoms with Gasteiger partial charge in [-0.25, -0.2) is 0 Å². The van der Waals surface area contributed by atoms with E-state index >= 15 is 0 Å². The van der Waals surface area contributed by atoms with Crippen molar-refractivity contribution in [1.82, 2.24) is 0 Å². The highest BCUT2D eigenvalue weighted by molar-refractivity contribution is 5.42. The van der Waals surface area contributed by atoms with Gasteiger partial charge in [0.2, 0.25) is 0 Å². The van der Waals surface area contributed by atoms with Crippen molar-refractivity contribution in [3.05, 3.63) is 29.8 Å². The minimum Gasteiger partial charge on any atom is -0.488 e. The van der Waals surface area contributed by atoms with Gasteiger partial charge in [0.1, 0.15) is 17.9 Å². The third kappa shape index (κ3) is 1.99. The summed E-state index contributed by atoms with van der Waals surface area (Å²) in [5.74, 6) is 0.559. The smallest absolute Gasteiger partial charge is 0.137 e. The molecule has 16 heavy (non-hydrogen) atoms. The second-order valence-electron chi connectivity index (χ2n) is 3.93. The van der Waals surface area contributed by atoms with Crippen molar-refractivity contribution in [1.29, 1.82) is 10.5 Å². The van der Waals surface area contributed by atoms with E-state index < -0.39 is 0 Å². The van der Waals surface area contributed by atoms with Crippen molar-refractivity contribution in [2.24, 2.45) is 5.92 Å². The summed E-state index contributed by atoms with van der Waals surface area (Å²) in [5, 5.41) is 17.9. The van der Waals surface area contributed by atoms with Gasteiger partial charge in [0.05, 0.1) is 17.6 Å². The van der Waals surface area contributed by atoms with Crippen molar-refractivity contribution in [2.75, 3.05) is 0 Å². The van der Waals surface area contributed by atoms with Gasteiger partial charge in [-0.3, -0.25) is 0 Å². The summed E-state index contributed by atoms with van der Waals surface area (Å²) in [7, 11) is 0. The molecule has 3 heteroatoms. The van der Waals surface area contributed by atoms with Gasteiger partial charge in [-0.2, -0.15) is 10.5 Å². The molecule has 80 valence electrons. The molecule has 0 N–H and O–H groups in total. The lowest BCUT2D eigenvalue weighted by Crippen LogP contribution is -2.20. The van der Waals surface area contributed by atoms with E-state index in [4.69, 9.17) is 15.3 Å². The summed E-state index contributed by atoms with van der Waals surface area (Å²) < 4.78 is 5.76. The SMILES string of the molecule is N#Cc1ccccc1OC1CCCC1C#N. The van der Waals surface area contributed by atoms with Crippen LogP contribution in [0, 0.1) is 28.6 Å². The van der Waals surface area contributed by atoms with E-state index in [2.05, 4.69) is 12.1 Å². The van der Waals surface area contributed by atoms with Crippen LogP contribution in [0.2, 0.25) is 0 Å². The van der Waals surface area contributed by atoms with Crippen LogP contribution >= 0.6 is 0 Å². The second-order valence-corrected chi connectivity index (χ2v) is 3.93. The van der Waals surface area contributed by atoms with E-state index in [1.54, 1.807) is 12.1 Å². The minimum atomic E-state index is -0.0560. The van der Waals surface area contributed by atoms with Gasteiger partial charge >= 0.3 is 0 Å². The molecule has 0 spiro atoms. The zero-order chi connectivity index (χ0) is 11.4. The number of nitriles is 2. The van der Waals surface area contributed by atoms with Gasteiger partial charge in [-0.15, -0.1) is 0 Å². The first-order valence-electron chi connectivity index (χ1n) is 5.40. The molecule has 1 saturated carbocycles. The number of hydrogen-bond donors (Lipinski definition) is 0. The average Bonchev–Trinajstić information content (AvgIpc) is 2.77. The third-order valence-corrected chi connectivity index (χ3v) is 2.90. The molecule has 2 atom stereocenters. The Bertz CT molecular complexity index is 456. The van der Waals surface area contributed by atoms with Crippen LogP contribution in [0.25, 0.3) is 0 Å². The van der Waals surface area contributed by atoms with Crippen LogP contribution in [-0.4, -0.2) is 6.10 Å². The topological polar surface area (TPSA) is 56.8 Å². The number of nitrogens with zero attached hydrogens (tertiary/aromatic N) is 2. The lowest BCUT2D eigenvalue weighted by molar-refractivity contribution is 0.182. The number of hydrogen-bond acceptors (Lipinski definition) is 3. The minimum absolute atomic E-state index is 0.0354. The van der Waals surface area contributed by atoms with Gasteiger partial charge in [-0.05, 0) is 31.4 Å². The molecule has 2 rings (SSSR count). The molecular formula is C13H12N2O. The number of para-hydroxylation sites is 1. The Balaban J connectivity index is 2.15. The lowest BCUT2D eigenvalue weighted by Gasteiger charge is -2.16. The highest BCUT2D eigenvalue weighted by atomic mass is 16.5. The van der Waals surface area contributed by atoms with E-state index in [0.717, 1.165) is 19.3 Å². The molecule has 0 bridgehead atoms. The molecule has 0 amide bonds.